The van der Waals surface area contributed by atoms with Crippen LogP contribution in [0, 0.1) is 5.92 Å². The zero-order valence-corrected chi connectivity index (χ0v) is 11.1. The standard InChI is InChI=1S/C14H23N3O/c1-10(2)6-13(16)14(18)17-9-12-5-3-4-11(7-12)8-15/h3-5,7,10,13H,6,8-9,15-16H2,1-2H3,(H,17,18). The second-order valence-electron chi connectivity index (χ2n) is 4.98. The molecule has 0 heterocycles. The normalized spacial score (nSPS) is 12.5. The quantitative estimate of drug-likeness (QED) is 0.707. The van der Waals surface area contributed by atoms with Crippen LogP contribution in [0.1, 0.15) is 31.4 Å². The second kappa shape index (κ2) is 7.13. The maximum absolute atomic E-state index is 11.7. The van der Waals surface area contributed by atoms with Gasteiger partial charge in [0.05, 0.1) is 6.04 Å². The number of hydrogen-bond donors (Lipinski definition) is 3. The van der Waals surface area contributed by atoms with Crippen molar-refractivity contribution in [3.63, 3.8) is 0 Å². The summed E-state index contributed by atoms with van der Waals surface area (Å²) in [7, 11) is 0. The highest BCUT2D eigenvalue weighted by atomic mass is 16.2. The fourth-order valence-corrected chi connectivity index (χ4v) is 1.80. The molecule has 1 amide bonds. The highest BCUT2D eigenvalue weighted by Crippen LogP contribution is 2.05. The molecule has 1 atom stereocenters. The van der Waals surface area contributed by atoms with Crippen LogP contribution >= 0.6 is 0 Å². The van der Waals surface area contributed by atoms with Crippen molar-refractivity contribution < 1.29 is 4.79 Å². The molecule has 0 saturated heterocycles. The summed E-state index contributed by atoms with van der Waals surface area (Å²) in [6.45, 7) is 5.11. The lowest BCUT2D eigenvalue weighted by Gasteiger charge is -2.14. The number of benzene rings is 1. The van der Waals surface area contributed by atoms with E-state index in [-0.39, 0.29) is 5.91 Å². The number of carbonyl (C=O) groups excluding carboxylic acids is 1. The zero-order chi connectivity index (χ0) is 13.5. The van der Waals surface area contributed by atoms with Crippen molar-refractivity contribution in [3.05, 3.63) is 35.4 Å². The van der Waals surface area contributed by atoms with Crippen LogP contribution in [0.4, 0.5) is 0 Å². The Morgan fingerprint density at radius 1 is 1.33 bits per heavy atom. The topological polar surface area (TPSA) is 81.1 Å². The summed E-state index contributed by atoms with van der Waals surface area (Å²) in [5.41, 5.74) is 13.5. The Labute approximate surface area is 109 Å². The number of amides is 1. The molecule has 1 rings (SSSR count). The van der Waals surface area contributed by atoms with Crippen molar-refractivity contribution in [2.45, 2.75) is 39.4 Å². The van der Waals surface area contributed by atoms with Crippen LogP contribution in [0.5, 0.6) is 0 Å². The van der Waals surface area contributed by atoms with E-state index in [9.17, 15) is 4.79 Å². The smallest absolute Gasteiger partial charge is 0.237 e. The molecule has 0 saturated carbocycles. The van der Waals surface area contributed by atoms with Crippen LogP contribution in [0.3, 0.4) is 0 Å². The fourth-order valence-electron chi connectivity index (χ4n) is 1.80. The molecule has 1 aromatic rings. The molecule has 4 nitrogen and oxygen atoms in total. The molecular weight excluding hydrogens is 226 g/mol. The van der Waals surface area contributed by atoms with E-state index >= 15 is 0 Å². The predicted octanol–water partition coefficient (Wildman–Crippen LogP) is 1.13. The van der Waals surface area contributed by atoms with Gasteiger partial charge >= 0.3 is 0 Å². The van der Waals surface area contributed by atoms with E-state index in [0.29, 0.717) is 25.4 Å². The molecule has 1 unspecified atom stereocenters. The molecule has 0 aromatic heterocycles. The molecule has 4 heteroatoms. The van der Waals surface area contributed by atoms with Gasteiger partial charge in [0.15, 0.2) is 0 Å². The Morgan fingerprint density at radius 2 is 2.00 bits per heavy atom. The van der Waals surface area contributed by atoms with E-state index in [0.717, 1.165) is 11.1 Å². The molecule has 5 N–H and O–H groups in total. The first kappa shape index (κ1) is 14.7. The number of carbonyl (C=O) groups is 1. The summed E-state index contributed by atoms with van der Waals surface area (Å²) in [5, 5.41) is 2.85. The van der Waals surface area contributed by atoms with Crippen molar-refractivity contribution >= 4 is 5.91 Å². The minimum Gasteiger partial charge on any atom is -0.351 e. The molecule has 100 valence electrons. The van der Waals surface area contributed by atoms with Crippen molar-refractivity contribution in [1.82, 2.24) is 5.32 Å². The lowest BCUT2D eigenvalue weighted by molar-refractivity contribution is -0.122. The van der Waals surface area contributed by atoms with E-state index in [1.807, 2.05) is 24.3 Å². The summed E-state index contributed by atoms with van der Waals surface area (Å²) < 4.78 is 0. The minimum absolute atomic E-state index is 0.0955. The van der Waals surface area contributed by atoms with Gasteiger partial charge in [-0.05, 0) is 23.5 Å². The molecule has 0 spiro atoms. The van der Waals surface area contributed by atoms with Crippen molar-refractivity contribution in [2.24, 2.45) is 17.4 Å². The van der Waals surface area contributed by atoms with Gasteiger partial charge in [-0.15, -0.1) is 0 Å². The van der Waals surface area contributed by atoms with Gasteiger partial charge in [-0.25, -0.2) is 0 Å². The average molecular weight is 249 g/mol. The Balaban J connectivity index is 2.46. The molecule has 1 aromatic carbocycles. The molecular formula is C14H23N3O. The predicted molar refractivity (Wildman–Crippen MR) is 73.6 cm³/mol. The van der Waals surface area contributed by atoms with Gasteiger partial charge in [0.2, 0.25) is 5.91 Å². The summed E-state index contributed by atoms with van der Waals surface area (Å²) in [6.07, 6.45) is 0.703. The number of nitrogens with one attached hydrogen (secondary N) is 1. The monoisotopic (exact) mass is 249 g/mol. The first-order valence-electron chi connectivity index (χ1n) is 6.34. The van der Waals surface area contributed by atoms with Crippen molar-refractivity contribution in [3.8, 4) is 0 Å². The van der Waals surface area contributed by atoms with Crippen LogP contribution in [0.2, 0.25) is 0 Å². The third kappa shape index (κ3) is 4.85. The molecule has 0 aliphatic rings. The van der Waals surface area contributed by atoms with Gasteiger partial charge in [-0.1, -0.05) is 38.1 Å². The minimum atomic E-state index is -0.428. The van der Waals surface area contributed by atoms with E-state index in [1.165, 1.54) is 0 Å². The molecule has 0 bridgehead atoms. The third-order valence-corrected chi connectivity index (χ3v) is 2.76. The first-order chi connectivity index (χ1) is 8.52. The Morgan fingerprint density at radius 3 is 2.61 bits per heavy atom. The third-order valence-electron chi connectivity index (χ3n) is 2.76. The van der Waals surface area contributed by atoms with Crippen LogP contribution in [-0.4, -0.2) is 11.9 Å². The van der Waals surface area contributed by atoms with Crippen molar-refractivity contribution in [2.75, 3.05) is 0 Å². The van der Waals surface area contributed by atoms with Gasteiger partial charge in [0.1, 0.15) is 0 Å². The van der Waals surface area contributed by atoms with E-state index in [1.54, 1.807) is 0 Å². The highest BCUT2D eigenvalue weighted by Gasteiger charge is 2.14. The SMILES string of the molecule is CC(C)CC(N)C(=O)NCc1cccc(CN)c1. The van der Waals surface area contributed by atoms with Gasteiger partial charge in [-0.2, -0.15) is 0 Å². The summed E-state index contributed by atoms with van der Waals surface area (Å²) >= 11 is 0. The Kier molecular flexibility index (Phi) is 5.82. The van der Waals surface area contributed by atoms with Gasteiger partial charge < -0.3 is 16.8 Å². The van der Waals surface area contributed by atoms with Gasteiger partial charge in [0, 0.05) is 13.1 Å². The number of nitrogens with two attached hydrogens (primary N) is 2. The maximum atomic E-state index is 11.7. The van der Waals surface area contributed by atoms with Crippen LogP contribution in [0.15, 0.2) is 24.3 Å². The van der Waals surface area contributed by atoms with Crippen LogP contribution < -0.4 is 16.8 Å². The Bertz CT molecular complexity index is 390. The Hall–Kier alpha value is -1.39. The average Bonchev–Trinajstić information content (AvgIpc) is 2.35. The lowest BCUT2D eigenvalue weighted by atomic mass is 10.0. The first-order valence-corrected chi connectivity index (χ1v) is 6.34. The van der Waals surface area contributed by atoms with Crippen molar-refractivity contribution in [1.29, 1.82) is 0 Å². The molecule has 18 heavy (non-hydrogen) atoms. The zero-order valence-electron chi connectivity index (χ0n) is 11.1. The largest absolute Gasteiger partial charge is 0.351 e. The summed E-state index contributed by atoms with van der Waals surface area (Å²) in [5.74, 6) is 0.327. The van der Waals surface area contributed by atoms with Crippen LogP contribution in [-0.2, 0) is 17.9 Å². The summed E-state index contributed by atoms with van der Waals surface area (Å²) in [4.78, 5) is 11.7. The number of hydrogen-bond acceptors (Lipinski definition) is 3. The lowest BCUT2D eigenvalue weighted by Crippen LogP contribution is -2.41. The highest BCUT2D eigenvalue weighted by molar-refractivity contribution is 5.81. The maximum Gasteiger partial charge on any atom is 0.237 e. The molecule has 0 aliphatic carbocycles. The molecule has 0 radical (unpaired) electrons. The van der Waals surface area contributed by atoms with Gasteiger partial charge in [0.25, 0.3) is 0 Å². The summed E-state index contributed by atoms with van der Waals surface area (Å²) in [6, 6.07) is 7.44. The second-order valence-corrected chi connectivity index (χ2v) is 4.98. The molecule has 0 aliphatic heterocycles. The van der Waals surface area contributed by atoms with E-state index < -0.39 is 6.04 Å². The number of rotatable bonds is 6. The van der Waals surface area contributed by atoms with E-state index in [4.69, 9.17) is 11.5 Å². The fraction of sp³-hybridized carbons (Fsp3) is 0.500. The van der Waals surface area contributed by atoms with Crippen LogP contribution in [0.25, 0.3) is 0 Å². The van der Waals surface area contributed by atoms with E-state index in [2.05, 4.69) is 19.2 Å². The van der Waals surface area contributed by atoms with Gasteiger partial charge in [-0.3, -0.25) is 4.79 Å². The molecule has 0 fully saturated rings.